The summed E-state index contributed by atoms with van der Waals surface area (Å²) < 4.78 is 31.0. The lowest BCUT2D eigenvalue weighted by molar-refractivity contribution is 0.242. The van der Waals surface area contributed by atoms with Crippen LogP contribution in [0.4, 0.5) is 5.69 Å². The van der Waals surface area contributed by atoms with E-state index in [0.717, 1.165) is 17.0 Å². The molecule has 0 fully saturated rings. The van der Waals surface area contributed by atoms with Crippen molar-refractivity contribution < 1.29 is 13.2 Å². The molecule has 7 nitrogen and oxygen atoms in total. The highest BCUT2D eigenvalue weighted by molar-refractivity contribution is 14.0. The number of ether oxygens (including phenoxy) is 1. The van der Waals surface area contributed by atoms with Gasteiger partial charge in [0, 0.05) is 5.69 Å². The fraction of sp³-hybridized carbons (Fsp3) is 0.316. The molecule has 0 saturated carbocycles. The predicted molar refractivity (Wildman–Crippen MR) is 125 cm³/mol. The third kappa shape index (κ3) is 8.44. The average molecular weight is 518 g/mol. The Hall–Kier alpha value is -1.85. The number of nitrogens with two attached hydrogens (primary N) is 1. The smallest absolute Gasteiger partial charge is 0.215 e. The van der Waals surface area contributed by atoms with Gasteiger partial charge in [-0.3, -0.25) is 0 Å². The summed E-state index contributed by atoms with van der Waals surface area (Å²) in [6, 6.07) is 14.7. The molecule has 4 N–H and O–H groups in total. The third-order valence-electron chi connectivity index (χ3n) is 3.62. The molecule has 9 heteroatoms. The van der Waals surface area contributed by atoms with Crippen molar-refractivity contribution in [3.63, 3.8) is 0 Å². The lowest BCUT2D eigenvalue weighted by atomic mass is 10.1. The van der Waals surface area contributed by atoms with Crippen LogP contribution in [0, 0.1) is 0 Å². The molecule has 0 heterocycles. The fourth-order valence-electron chi connectivity index (χ4n) is 2.29. The van der Waals surface area contributed by atoms with E-state index in [2.05, 4.69) is 15.0 Å². The Labute approximate surface area is 183 Å². The number of nitrogens with zero attached hydrogens (tertiary/aromatic N) is 1. The number of anilines is 1. The quantitative estimate of drug-likeness (QED) is 0.283. The molecule has 0 aliphatic carbocycles. The summed E-state index contributed by atoms with van der Waals surface area (Å²) in [6.07, 6.45) is 0.125. The molecular formula is C19H27IN4O3S. The van der Waals surface area contributed by atoms with Gasteiger partial charge in [0.05, 0.1) is 18.4 Å². The molecule has 154 valence electrons. The van der Waals surface area contributed by atoms with Gasteiger partial charge in [-0.15, -0.1) is 24.0 Å². The average Bonchev–Trinajstić information content (AvgIpc) is 2.62. The van der Waals surface area contributed by atoms with Crippen LogP contribution in [0.15, 0.2) is 53.5 Å². The van der Waals surface area contributed by atoms with Gasteiger partial charge in [0.25, 0.3) is 0 Å². The van der Waals surface area contributed by atoms with Gasteiger partial charge in [-0.2, -0.15) is 0 Å². The normalized spacial score (nSPS) is 11.8. The largest absolute Gasteiger partial charge is 0.491 e. The molecule has 2 aromatic carbocycles. The summed E-state index contributed by atoms with van der Waals surface area (Å²) in [7, 11) is -1.87. The minimum absolute atomic E-state index is 0. The van der Waals surface area contributed by atoms with E-state index in [1.165, 1.54) is 7.05 Å². The molecule has 28 heavy (non-hydrogen) atoms. The van der Waals surface area contributed by atoms with Crippen LogP contribution in [-0.4, -0.2) is 27.5 Å². The zero-order valence-corrected chi connectivity index (χ0v) is 19.3. The second-order valence-corrected chi connectivity index (χ2v) is 8.22. The van der Waals surface area contributed by atoms with E-state index >= 15 is 0 Å². The fourth-order valence-corrected chi connectivity index (χ4v) is 3.06. The Morgan fingerprint density at radius 1 is 1.07 bits per heavy atom. The van der Waals surface area contributed by atoms with Gasteiger partial charge in [0.2, 0.25) is 10.0 Å². The number of halogens is 1. The number of sulfonamides is 1. The maximum absolute atomic E-state index is 11.6. The van der Waals surface area contributed by atoms with Gasteiger partial charge in [-0.25, -0.2) is 18.1 Å². The summed E-state index contributed by atoms with van der Waals surface area (Å²) in [5.41, 5.74) is 8.39. The van der Waals surface area contributed by atoms with Crippen molar-refractivity contribution in [1.29, 1.82) is 0 Å². The number of hydrogen-bond acceptors (Lipinski definition) is 4. The predicted octanol–water partition coefficient (Wildman–Crippen LogP) is 3.07. The van der Waals surface area contributed by atoms with Crippen LogP contribution in [-0.2, 0) is 22.3 Å². The first-order valence-electron chi connectivity index (χ1n) is 8.60. The maximum Gasteiger partial charge on any atom is 0.215 e. The van der Waals surface area contributed by atoms with Crippen LogP contribution < -0.4 is 20.5 Å². The molecule has 0 unspecified atom stereocenters. The Bertz CT molecular complexity index is 867. The third-order valence-corrected chi connectivity index (χ3v) is 4.96. The van der Waals surface area contributed by atoms with Gasteiger partial charge < -0.3 is 15.8 Å². The molecule has 0 aliphatic heterocycles. The first-order chi connectivity index (χ1) is 12.8. The molecule has 0 radical (unpaired) electrons. The first kappa shape index (κ1) is 24.2. The number of benzene rings is 2. The van der Waals surface area contributed by atoms with Gasteiger partial charge in [0.1, 0.15) is 5.75 Å². The molecule has 2 aromatic rings. The van der Waals surface area contributed by atoms with Gasteiger partial charge in [-0.1, -0.05) is 24.3 Å². The standard InChI is InChI=1S/C19H26N4O3S.HI/c1-14(2)26-18-10-8-17(9-11-18)23-19(20)22-12-15-4-6-16(7-5-15)13-27(24,25)21-3;/h4-11,14,21H,12-13H2,1-3H3,(H3,20,22,23);1H. The van der Waals surface area contributed by atoms with E-state index in [4.69, 9.17) is 10.5 Å². The summed E-state index contributed by atoms with van der Waals surface area (Å²) in [4.78, 5) is 4.30. The Kier molecular flexibility index (Phi) is 9.70. The number of aliphatic imine (C=N–C) groups is 1. The molecule has 0 saturated heterocycles. The van der Waals surface area contributed by atoms with Crippen LogP contribution in [0.1, 0.15) is 25.0 Å². The van der Waals surface area contributed by atoms with E-state index < -0.39 is 10.0 Å². The van der Waals surface area contributed by atoms with E-state index in [1.807, 2.05) is 50.2 Å². The number of hydrogen-bond donors (Lipinski definition) is 3. The summed E-state index contributed by atoms with van der Waals surface area (Å²) in [5, 5.41) is 3.03. The molecule has 0 atom stereocenters. The van der Waals surface area contributed by atoms with Crippen molar-refractivity contribution >= 4 is 45.6 Å². The topological polar surface area (TPSA) is 106 Å². The number of nitrogens with one attached hydrogen (secondary N) is 2. The molecule has 0 aliphatic rings. The number of rotatable bonds is 8. The zero-order chi connectivity index (χ0) is 19.9. The monoisotopic (exact) mass is 518 g/mol. The lowest BCUT2D eigenvalue weighted by Gasteiger charge is -2.11. The lowest BCUT2D eigenvalue weighted by Crippen LogP contribution is -2.22. The van der Waals surface area contributed by atoms with Crippen molar-refractivity contribution in [3.05, 3.63) is 59.7 Å². The molecule has 0 amide bonds. The molecular weight excluding hydrogens is 491 g/mol. The highest BCUT2D eigenvalue weighted by Crippen LogP contribution is 2.16. The van der Waals surface area contributed by atoms with E-state index in [1.54, 1.807) is 12.1 Å². The SMILES string of the molecule is CNS(=O)(=O)Cc1ccc(CN=C(N)Nc2ccc(OC(C)C)cc2)cc1.I. The molecule has 2 rings (SSSR count). The van der Waals surface area contributed by atoms with Gasteiger partial charge >= 0.3 is 0 Å². The van der Waals surface area contributed by atoms with Crippen LogP contribution in [0.2, 0.25) is 0 Å². The second kappa shape index (κ2) is 11.2. The Morgan fingerprint density at radius 3 is 2.18 bits per heavy atom. The van der Waals surface area contributed by atoms with E-state index in [9.17, 15) is 8.42 Å². The van der Waals surface area contributed by atoms with Crippen LogP contribution in [0.5, 0.6) is 5.75 Å². The van der Waals surface area contributed by atoms with Crippen molar-refractivity contribution in [1.82, 2.24) is 4.72 Å². The summed E-state index contributed by atoms with van der Waals surface area (Å²) >= 11 is 0. The van der Waals surface area contributed by atoms with Crippen LogP contribution >= 0.6 is 24.0 Å². The maximum atomic E-state index is 11.6. The Morgan fingerprint density at radius 2 is 1.64 bits per heavy atom. The van der Waals surface area contributed by atoms with Gasteiger partial charge in [0.15, 0.2) is 5.96 Å². The highest BCUT2D eigenvalue weighted by atomic mass is 127. The highest BCUT2D eigenvalue weighted by Gasteiger charge is 2.08. The van der Waals surface area contributed by atoms with E-state index in [0.29, 0.717) is 18.1 Å². The molecule has 0 bridgehead atoms. The molecule has 0 spiro atoms. The van der Waals surface area contributed by atoms with Crippen molar-refractivity contribution in [3.8, 4) is 5.75 Å². The van der Waals surface area contributed by atoms with Crippen molar-refractivity contribution in [2.24, 2.45) is 10.7 Å². The van der Waals surface area contributed by atoms with Crippen molar-refractivity contribution in [2.45, 2.75) is 32.2 Å². The minimum atomic E-state index is -3.27. The van der Waals surface area contributed by atoms with Crippen LogP contribution in [0.3, 0.4) is 0 Å². The van der Waals surface area contributed by atoms with Crippen molar-refractivity contribution in [2.75, 3.05) is 12.4 Å². The Balaban J connectivity index is 0.00000392. The van der Waals surface area contributed by atoms with E-state index in [-0.39, 0.29) is 35.8 Å². The number of guanidine groups is 1. The molecule has 0 aromatic heterocycles. The van der Waals surface area contributed by atoms with Gasteiger partial charge in [-0.05, 0) is 56.3 Å². The summed E-state index contributed by atoms with van der Waals surface area (Å²) in [6.45, 7) is 4.35. The first-order valence-corrected chi connectivity index (χ1v) is 10.3. The zero-order valence-electron chi connectivity index (χ0n) is 16.2. The second-order valence-electron chi connectivity index (χ2n) is 6.30. The van der Waals surface area contributed by atoms with Crippen LogP contribution in [0.25, 0.3) is 0 Å². The summed E-state index contributed by atoms with van der Waals surface area (Å²) in [5.74, 6) is 1.05. The minimum Gasteiger partial charge on any atom is -0.491 e.